The Morgan fingerprint density at radius 1 is 1.22 bits per heavy atom. The number of carbonyl (C=O) groups excluding carboxylic acids is 1. The van der Waals surface area contributed by atoms with Gasteiger partial charge in [-0.15, -0.1) is 0 Å². The fourth-order valence-corrected chi connectivity index (χ4v) is 2.46. The van der Waals surface area contributed by atoms with Crippen LogP contribution in [0.2, 0.25) is 0 Å². The average Bonchev–Trinajstić information content (AvgIpc) is 2.66. The molecule has 0 bridgehead atoms. The molecule has 0 heterocycles. The van der Waals surface area contributed by atoms with Crippen LogP contribution in [0.25, 0.3) is 6.08 Å². The van der Waals surface area contributed by atoms with Crippen molar-refractivity contribution in [3.05, 3.63) is 62.1 Å². The molecule has 0 aliphatic heterocycles. The van der Waals surface area contributed by atoms with Crippen molar-refractivity contribution in [1.29, 1.82) is 5.26 Å². The van der Waals surface area contributed by atoms with Crippen LogP contribution in [0.1, 0.15) is 5.56 Å². The fraction of sp³-hybridized carbons (Fsp3) is 0.111. The van der Waals surface area contributed by atoms with Gasteiger partial charge in [-0.3, -0.25) is 14.9 Å². The minimum absolute atomic E-state index is 0.00632. The number of ether oxygens (including phenoxy) is 2. The number of anilines is 1. The lowest BCUT2D eigenvalue weighted by atomic mass is 10.1. The fourth-order valence-electron chi connectivity index (χ4n) is 2.20. The van der Waals surface area contributed by atoms with Gasteiger partial charge in [-0.25, -0.2) is 0 Å². The highest BCUT2D eigenvalue weighted by molar-refractivity contribution is 9.10. The largest absolute Gasteiger partial charge is 0.496 e. The molecule has 2 rings (SSSR count). The van der Waals surface area contributed by atoms with Crippen molar-refractivity contribution in [2.24, 2.45) is 0 Å². The highest BCUT2D eigenvalue weighted by Crippen LogP contribution is 2.35. The van der Waals surface area contributed by atoms with Crippen LogP contribution >= 0.6 is 15.9 Å². The summed E-state index contributed by atoms with van der Waals surface area (Å²) in [7, 11) is 2.66. The predicted molar refractivity (Wildman–Crippen MR) is 103 cm³/mol. The lowest BCUT2D eigenvalue weighted by Crippen LogP contribution is -2.13. The Labute approximate surface area is 163 Å². The number of nitro groups is 1. The van der Waals surface area contributed by atoms with E-state index >= 15 is 0 Å². The molecule has 0 aliphatic rings. The molecule has 0 saturated carbocycles. The van der Waals surface area contributed by atoms with Gasteiger partial charge in [0.05, 0.1) is 19.1 Å². The van der Waals surface area contributed by atoms with Gasteiger partial charge >= 0.3 is 5.69 Å². The second-order valence-corrected chi connectivity index (χ2v) is 6.07. The van der Waals surface area contributed by atoms with Crippen LogP contribution in [-0.2, 0) is 4.79 Å². The van der Waals surface area contributed by atoms with Gasteiger partial charge in [0.25, 0.3) is 5.91 Å². The van der Waals surface area contributed by atoms with Gasteiger partial charge in [0.15, 0.2) is 0 Å². The number of nitro benzene ring substituents is 1. The number of nitrogens with one attached hydrogen (secondary N) is 1. The molecule has 0 atom stereocenters. The highest BCUT2D eigenvalue weighted by Gasteiger charge is 2.20. The van der Waals surface area contributed by atoms with E-state index in [9.17, 15) is 20.2 Å². The molecule has 9 heteroatoms. The van der Waals surface area contributed by atoms with Gasteiger partial charge < -0.3 is 14.8 Å². The Kier molecular flexibility index (Phi) is 6.51. The van der Waals surface area contributed by atoms with E-state index in [-0.39, 0.29) is 28.3 Å². The predicted octanol–water partition coefficient (Wildman–Crippen LogP) is 3.92. The summed E-state index contributed by atoms with van der Waals surface area (Å²) in [4.78, 5) is 22.9. The van der Waals surface area contributed by atoms with E-state index in [2.05, 4.69) is 21.2 Å². The summed E-state index contributed by atoms with van der Waals surface area (Å²) in [5, 5.41) is 23.1. The van der Waals surface area contributed by atoms with Crippen molar-refractivity contribution >= 4 is 39.3 Å². The van der Waals surface area contributed by atoms with E-state index in [1.54, 1.807) is 30.3 Å². The molecule has 138 valence electrons. The number of carbonyl (C=O) groups is 1. The lowest BCUT2D eigenvalue weighted by molar-refractivity contribution is -0.385. The summed E-state index contributed by atoms with van der Waals surface area (Å²) >= 11 is 3.29. The Hall–Kier alpha value is -3.38. The van der Waals surface area contributed by atoms with E-state index in [0.717, 1.165) is 4.47 Å². The first-order valence-corrected chi connectivity index (χ1v) is 8.28. The molecule has 0 radical (unpaired) electrons. The number of amides is 1. The topological polar surface area (TPSA) is 114 Å². The zero-order valence-electron chi connectivity index (χ0n) is 14.4. The second-order valence-electron chi connectivity index (χ2n) is 5.15. The first kappa shape index (κ1) is 19.9. The molecule has 0 unspecified atom stereocenters. The highest BCUT2D eigenvalue weighted by atomic mass is 79.9. The van der Waals surface area contributed by atoms with Crippen LogP contribution < -0.4 is 14.8 Å². The Bertz CT molecular complexity index is 949. The van der Waals surface area contributed by atoms with Crippen LogP contribution in [-0.4, -0.2) is 25.1 Å². The van der Waals surface area contributed by atoms with E-state index in [0.29, 0.717) is 5.69 Å². The molecular weight excluding hydrogens is 418 g/mol. The number of halogens is 1. The number of rotatable bonds is 6. The van der Waals surface area contributed by atoms with E-state index < -0.39 is 10.8 Å². The number of hydrogen-bond donors (Lipinski definition) is 1. The van der Waals surface area contributed by atoms with E-state index in [1.807, 2.05) is 0 Å². The van der Waals surface area contributed by atoms with Gasteiger partial charge in [-0.05, 0) is 30.3 Å². The van der Waals surface area contributed by atoms with Crippen molar-refractivity contribution in [1.82, 2.24) is 0 Å². The normalized spacial score (nSPS) is 10.7. The van der Waals surface area contributed by atoms with Crippen molar-refractivity contribution in [3.63, 3.8) is 0 Å². The Balaban J connectivity index is 2.42. The Morgan fingerprint density at radius 2 is 1.85 bits per heavy atom. The number of nitrogens with zero attached hydrogens (tertiary/aromatic N) is 2. The summed E-state index contributed by atoms with van der Waals surface area (Å²) in [5.74, 6) is -0.422. The zero-order chi connectivity index (χ0) is 20.0. The maximum Gasteiger partial charge on any atom is 0.311 e. The molecule has 0 aromatic heterocycles. The summed E-state index contributed by atoms with van der Waals surface area (Å²) in [6.07, 6.45) is 1.22. The third kappa shape index (κ3) is 4.83. The molecular formula is C18H14BrN3O5. The molecule has 2 aromatic carbocycles. The number of nitriles is 1. The summed E-state index contributed by atoms with van der Waals surface area (Å²) < 4.78 is 11.0. The monoisotopic (exact) mass is 431 g/mol. The molecule has 1 amide bonds. The van der Waals surface area contributed by atoms with Crippen LogP contribution in [0.4, 0.5) is 11.4 Å². The molecule has 1 N–H and O–H groups in total. The quantitative estimate of drug-likeness (QED) is 0.320. The van der Waals surface area contributed by atoms with Crippen LogP contribution in [0.3, 0.4) is 0 Å². The minimum Gasteiger partial charge on any atom is -0.496 e. The minimum atomic E-state index is -0.652. The SMILES string of the molecule is COc1cc(OC)c([N+](=O)[O-])cc1/C=C(/C#N)C(=O)Nc1ccc(Br)cc1. The maximum absolute atomic E-state index is 12.4. The summed E-state index contributed by atoms with van der Waals surface area (Å²) in [6, 6.07) is 11.1. The summed E-state index contributed by atoms with van der Waals surface area (Å²) in [5.41, 5.74) is 0.148. The van der Waals surface area contributed by atoms with Crippen molar-refractivity contribution in [2.75, 3.05) is 19.5 Å². The van der Waals surface area contributed by atoms with Crippen molar-refractivity contribution in [2.45, 2.75) is 0 Å². The van der Waals surface area contributed by atoms with Gasteiger partial charge in [0, 0.05) is 27.9 Å². The molecule has 2 aromatic rings. The number of hydrogen-bond acceptors (Lipinski definition) is 6. The molecule has 27 heavy (non-hydrogen) atoms. The van der Waals surface area contributed by atoms with Crippen LogP contribution in [0.5, 0.6) is 11.5 Å². The van der Waals surface area contributed by atoms with Crippen molar-refractivity contribution in [3.8, 4) is 17.6 Å². The van der Waals surface area contributed by atoms with Crippen LogP contribution in [0.15, 0.2) is 46.4 Å². The van der Waals surface area contributed by atoms with E-state index in [1.165, 1.54) is 32.4 Å². The summed E-state index contributed by atoms with van der Waals surface area (Å²) in [6.45, 7) is 0. The van der Waals surface area contributed by atoms with Gasteiger partial charge in [0.1, 0.15) is 17.4 Å². The third-order valence-electron chi connectivity index (χ3n) is 3.49. The number of benzene rings is 2. The standard InChI is InChI=1S/C18H14BrN3O5/c1-26-16-9-17(27-2)15(22(24)25)8-11(16)7-12(10-20)18(23)21-14-5-3-13(19)4-6-14/h3-9H,1-2H3,(H,21,23)/b12-7-. The van der Waals surface area contributed by atoms with Crippen LogP contribution in [0, 0.1) is 21.4 Å². The molecule has 0 spiro atoms. The Morgan fingerprint density at radius 3 is 2.37 bits per heavy atom. The molecule has 0 fully saturated rings. The molecule has 0 aliphatic carbocycles. The third-order valence-corrected chi connectivity index (χ3v) is 4.02. The lowest BCUT2D eigenvalue weighted by Gasteiger charge is -2.09. The average molecular weight is 432 g/mol. The molecule has 8 nitrogen and oxygen atoms in total. The number of methoxy groups -OCH3 is 2. The smallest absolute Gasteiger partial charge is 0.311 e. The van der Waals surface area contributed by atoms with Gasteiger partial charge in [0.2, 0.25) is 5.75 Å². The molecule has 0 saturated heterocycles. The van der Waals surface area contributed by atoms with Gasteiger partial charge in [-0.1, -0.05) is 15.9 Å². The zero-order valence-corrected chi connectivity index (χ0v) is 15.9. The first-order chi connectivity index (χ1) is 12.9. The van der Waals surface area contributed by atoms with Crippen molar-refractivity contribution < 1.29 is 19.2 Å². The first-order valence-electron chi connectivity index (χ1n) is 7.48. The van der Waals surface area contributed by atoms with Gasteiger partial charge in [-0.2, -0.15) is 5.26 Å². The van der Waals surface area contributed by atoms with E-state index in [4.69, 9.17) is 9.47 Å². The maximum atomic E-state index is 12.4. The second kappa shape index (κ2) is 8.82.